The van der Waals surface area contributed by atoms with Crippen molar-refractivity contribution in [1.29, 1.82) is 0 Å². The molecule has 1 amide bonds. The van der Waals surface area contributed by atoms with Crippen LogP contribution in [0, 0.1) is 0 Å². The summed E-state index contributed by atoms with van der Waals surface area (Å²) in [5, 5.41) is 3.57. The Bertz CT molecular complexity index is 522. The Balaban J connectivity index is 1.71. The average Bonchev–Trinajstić information content (AvgIpc) is 3.10. The molecule has 4 nitrogen and oxygen atoms in total. The maximum Gasteiger partial charge on any atom is 0.292 e. The van der Waals surface area contributed by atoms with Gasteiger partial charge < -0.3 is 9.42 Å². The summed E-state index contributed by atoms with van der Waals surface area (Å²) >= 11 is 0. The topological polar surface area (TPSA) is 46.3 Å². The molecule has 2 heterocycles. The minimum absolute atomic E-state index is 0.0640. The highest BCUT2D eigenvalue weighted by atomic mass is 16.5. The van der Waals surface area contributed by atoms with Crippen molar-refractivity contribution in [3.05, 3.63) is 53.9 Å². The van der Waals surface area contributed by atoms with Gasteiger partial charge in [-0.1, -0.05) is 35.5 Å². The van der Waals surface area contributed by atoms with Gasteiger partial charge in [0.2, 0.25) is 5.76 Å². The Hall–Kier alpha value is -2.10. The first-order chi connectivity index (χ1) is 8.84. The molecule has 1 unspecified atom stereocenters. The Morgan fingerprint density at radius 1 is 1.28 bits per heavy atom. The van der Waals surface area contributed by atoms with E-state index in [0.717, 1.165) is 19.5 Å². The summed E-state index contributed by atoms with van der Waals surface area (Å²) in [6, 6.07) is 11.9. The van der Waals surface area contributed by atoms with Crippen molar-refractivity contribution in [3.8, 4) is 0 Å². The van der Waals surface area contributed by atoms with Crippen LogP contribution in [-0.4, -0.2) is 29.1 Å². The van der Waals surface area contributed by atoms with Gasteiger partial charge in [-0.05, 0) is 12.0 Å². The lowest BCUT2D eigenvalue weighted by Crippen LogP contribution is -2.28. The van der Waals surface area contributed by atoms with E-state index >= 15 is 0 Å². The maximum atomic E-state index is 12.1. The van der Waals surface area contributed by atoms with E-state index in [2.05, 4.69) is 17.3 Å². The number of aromatic nitrogens is 1. The van der Waals surface area contributed by atoms with Gasteiger partial charge in [0.05, 0.1) is 6.20 Å². The quantitative estimate of drug-likeness (QED) is 0.811. The molecular weight excluding hydrogens is 228 g/mol. The van der Waals surface area contributed by atoms with Crippen LogP contribution < -0.4 is 0 Å². The van der Waals surface area contributed by atoms with Crippen LogP contribution in [0.5, 0.6) is 0 Å². The van der Waals surface area contributed by atoms with Crippen molar-refractivity contribution in [1.82, 2.24) is 10.1 Å². The highest BCUT2D eigenvalue weighted by Crippen LogP contribution is 2.27. The summed E-state index contributed by atoms with van der Waals surface area (Å²) in [6.45, 7) is 1.53. The predicted octanol–water partition coefficient (Wildman–Crippen LogP) is 2.30. The summed E-state index contributed by atoms with van der Waals surface area (Å²) in [4.78, 5) is 13.9. The van der Waals surface area contributed by atoms with Crippen LogP contribution in [0.15, 0.2) is 47.1 Å². The monoisotopic (exact) mass is 242 g/mol. The summed E-state index contributed by atoms with van der Waals surface area (Å²) in [5.41, 5.74) is 1.30. The third-order valence-electron chi connectivity index (χ3n) is 3.40. The largest absolute Gasteiger partial charge is 0.351 e. The molecule has 1 aliphatic rings. The van der Waals surface area contributed by atoms with E-state index in [0.29, 0.717) is 11.7 Å². The highest BCUT2D eigenvalue weighted by molar-refractivity contribution is 5.91. The fraction of sp³-hybridized carbons (Fsp3) is 0.286. The van der Waals surface area contributed by atoms with E-state index in [1.165, 1.54) is 11.8 Å². The van der Waals surface area contributed by atoms with Crippen molar-refractivity contribution in [2.24, 2.45) is 0 Å². The minimum atomic E-state index is -0.0640. The van der Waals surface area contributed by atoms with Crippen molar-refractivity contribution < 1.29 is 9.32 Å². The number of rotatable bonds is 2. The second-order valence-electron chi connectivity index (χ2n) is 4.52. The van der Waals surface area contributed by atoms with Crippen LogP contribution in [0.25, 0.3) is 0 Å². The van der Waals surface area contributed by atoms with Gasteiger partial charge in [-0.3, -0.25) is 4.79 Å². The molecule has 18 heavy (non-hydrogen) atoms. The van der Waals surface area contributed by atoms with Gasteiger partial charge in [-0.15, -0.1) is 0 Å². The van der Waals surface area contributed by atoms with Crippen molar-refractivity contribution >= 4 is 5.91 Å². The van der Waals surface area contributed by atoms with Crippen LogP contribution in [0.3, 0.4) is 0 Å². The van der Waals surface area contributed by atoms with Crippen molar-refractivity contribution in [2.45, 2.75) is 12.3 Å². The molecule has 0 saturated carbocycles. The molecule has 0 aliphatic carbocycles. The normalized spacial score (nSPS) is 19.1. The lowest BCUT2D eigenvalue weighted by Gasteiger charge is -2.14. The third-order valence-corrected chi connectivity index (χ3v) is 3.40. The van der Waals surface area contributed by atoms with Crippen molar-refractivity contribution in [3.63, 3.8) is 0 Å². The predicted molar refractivity (Wildman–Crippen MR) is 66.2 cm³/mol. The lowest BCUT2D eigenvalue weighted by atomic mass is 9.99. The SMILES string of the molecule is O=C(c1ccno1)N1CCC(c2ccccc2)C1. The number of amides is 1. The fourth-order valence-corrected chi connectivity index (χ4v) is 2.42. The fourth-order valence-electron chi connectivity index (χ4n) is 2.42. The first kappa shape index (κ1) is 11.0. The molecule has 92 valence electrons. The van der Waals surface area contributed by atoms with Gasteiger partial charge in [-0.25, -0.2) is 0 Å². The van der Waals surface area contributed by atoms with E-state index in [4.69, 9.17) is 4.52 Å². The van der Waals surface area contributed by atoms with E-state index in [9.17, 15) is 4.79 Å². The Morgan fingerprint density at radius 3 is 2.83 bits per heavy atom. The van der Waals surface area contributed by atoms with Gasteiger partial charge in [0.1, 0.15) is 0 Å². The first-order valence-electron chi connectivity index (χ1n) is 6.09. The molecule has 0 bridgehead atoms. The molecule has 3 rings (SSSR count). The summed E-state index contributed by atoms with van der Waals surface area (Å²) in [5.74, 6) is 0.688. The molecular formula is C14H14N2O2. The second-order valence-corrected chi connectivity index (χ2v) is 4.52. The third kappa shape index (κ3) is 2.01. The van der Waals surface area contributed by atoms with E-state index in [1.807, 2.05) is 23.1 Å². The molecule has 1 aromatic heterocycles. The molecule has 1 saturated heterocycles. The first-order valence-corrected chi connectivity index (χ1v) is 6.09. The molecule has 1 atom stereocenters. The van der Waals surface area contributed by atoms with Crippen LogP contribution in [-0.2, 0) is 0 Å². The zero-order chi connectivity index (χ0) is 12.4. The average molecular weight is 242 g/mol. The number of hydrogen-bond acceptors (Lipinski definition) is 3. The smallest absolute Gasteiger partial charge is 0.292 e. The Morgan fingerprint density at radius 2 is 2.11 bits per heavy atom. The minimum Gasteiger partial charge on any atom is -0.351 e. The van der Waals surface area contributed by atoms with Crippen molar-refractivity contribution in [2.75, 3.05) is 13.1 Å². The van der Waals surface area contributed by atoms with Crippen LogP contribution in [0.1, 0.15) is 28.5 Å². The van der Waals surface area contributed by atoms with Gasteiger partial charge >= 0.3 is 0 Å². The second kappa shape index (κ2) is 4.64. The summed E-state index contributed by atoms with van der Waals surface area (Å²) < 4.78 is 4.91. The van der Waals surface area contributed by atoms with E-state index in [1.54, 1.807) is 6.07 Å². The molecule has 2 aromatic rings. The highest BCUT2D eigenvalue weighted by Gasteiger charge is 2.29. The van der Waals surface area contributed by atoms with Gasteiger partial charge in [0.15, 0.2) is 0 Å². The molecule has 4 heteroatoms. The molecule has 0 N–H and O–H groups in total. The van der Waals surface area contributed by atoms with Crippen LogP contribution in [0.4, 0.5) is 0 Å². The number of carbonyl (C=O) groups is 1. The van der Waals surface area contributed by atoms with Gasteiger partial charge in [-0.2, -0.15) is 0 Å². The standard InChI is InChI=1S/C14H14N2O2/c17-14(13-6-8-15-18-13)16-9-7-12(10-16)11-4-2-1-3-5-11/h1-6,8,12H,7,9-10H2. The van der Waals surface area contributed by atoms with E-state index < -0.39 is 0 Å². The number of benzene rings is 1. The number of carbonyl (C=O) groups excluding carboxylic acids is 1. The molecule has 1 fully saturated rings. The molecule has 0 spiro atoms. The van der Waals surface area contributed by atoms with Crippen LogP contribution in [0.2, 0.25) is 0 Å². The Labute approximate surface area is 105 Å². The van der Waals surface area contributed by atoms with E-state index in [-0.39, 0.29) is 5.91 Å². The number of hydrogen-bond donors (Lipinski definition) is 0. The number of nitrogens with zero attached hydrogens (tertiary/aromatic N) is 2. The number of likely N-dealkylation sites (tertiary alicyclic amines) is 1. The summed E-state index contributed by atoms with van der Waals surface area (Å²) in [6.07, 6.45) is 2.50. The lowest BCUT2D eigenvalue weighted by molar-refractivity contribution is 0.0749. The zero-order valence-electron chi connectivity index (χ0n) is 9.95. The van der Waals surface area contributed by atoms with Gasteiger partial charge in [0.25, 0.3) is 5.91 Å². The van der Waals surface area contributed by atoms with Crippen LogP contribution >= 0.6 is 0 Å². The maximum absolute atomic E-state index is 12.1. The summed E-state index contributed by atoms with van der Waals surface area (Å²) in [7, 11) is 0. The zero-order valence-corrected chi connectivity index (χ0v) is 9.95. The Kier molecular flexibility index (Phi) is 2.84. The van der Waals surface area contributed by atoms with Gasteiger partial charge in [0, 0.05) is 25.1 Å². The molecule has 1 aliphatic heterocycles. The molecule has 0 radical (unpaired) electrons. The molecule has 1 aromatic carbocycles.